The van der Waals surface area contributed by atoms with Crippen LogP contribution in [0.4, 0.5) is 0 Å². The first-order chi connectivity index (χ1) is 10.6. The second-order valence-corrected chi connectivity index (χ2v) is 5.79. The van der Waals surface area contributed by atoms with Crippen molar-refractivity contribution in [3.63, 3.8) is 0 Å². The monoisotopic (exact) mass is 296 g/mol. The van der Waals surface area contributed by atoms with Crippen LogP contribution in [0.25, 0.3) is 0 Å². The van der Waals surface area contributed by atoms with E-state index in [1.54, 1.807) is 7.05 Å². The smallest absolute Gasteiger partial charge is 0.236 e. The zero-order valence-electron chi connectivity index (χ0n) is 13.5. The van der Waals surface area contributed by atoms with E-state index in [0.717, 1.165) is 12.0 Å². The largest absolute Gasteiger partial charge is 0.335 e. The van der Waals surface area contributed by atoms with Gasteiger partial charge in [-0.1, -0.05) is 60.7 Å². The van der Waals surface area contributed by atoms with E-state index in [0.29, 0.717) is 6.54 Å². The van der Waals surface area contributed by atoms with Crippen molar-refractivity contribution < 1.29 is 4.79 Å². The topological polar surface area (TPSA) is 32.3 Å². The Morgan fingerprint density at radius 3 is 2.14 bits per heavy atom. The Morgan fingerprint density at radius 2 is 1.59 bits per heavy atom. The maximum atomic E-state index is 12.4. The summed E-state index contributed by atoms with van der Waals surface area (Å²) < 4.78 is 0. The molecule has 116 valence electrons. The van der Waals surface area contributed by atoms with Gasteiger partial charge in [0.2, 0.25) is 5.91 Å². The maximum absolute atomic E-state index is 12.4. The number of amides is 1. The van der Waals surface area contributed by atoms with Crippen molar-refractivity contribution in [1.82, 2.24) is 10.2 Å². The number of hydrogen-bond donors (Lipinski definition) is 1. The molecule has 0 aliphatic carbocycles. The lowest BCUT2D eigenvalue weighted by Crippen LogP contribution is -2.49. The highest BCUT2D eigenvalue weighted by molar-refractivity contribution is 5.79. The summed E-state index contributed by atoms with van der Waals surface area (Å²) in [6.45, 7) is 2.47. The number of hydrogen-bond acceptors (Lipinski definition) is 2. The van der Waals surface area contributed by atoms with Crippen LogP contribution in [-0.2, 0) is 16.8 Å². The Morgan fingerprint density at radius 1 is 1.05 bits per heavy atom. The Bertz CT molecular complexity index is 597. The molecule has 0 heterocycles. The first-order valence-corrected chi connectivity index (χ1v) is 7.58. The van der Waals surface area contributed by atoms with Crippen molar-refractivity contribution in [3.05, 3.63) is 71.8 Å². The third kappa shape index (κ3) is 3.55. The van der Waals surface area contributed by atoms with Crippen molar-refractivity contribution in [2.45, 2.75) is 18.9 Å². The molecular weight excluding hydrogens is 272 g/mol. The summed E-state index contributed by atoms with van der Waals surface area (Å²) in [5, 5.41) is 2.94. The van der Waals surface area contributed by atoms with Gasteiger partial charge in [0, 0.05) is 7.05 Å². The number of rotatable bonds is 6. The van der Waals surface area contributed by atoms with Gasteiger partial charge in [0.15, 0.2) is 0 Å². The Kier molecular flexibility index (Phi) is 5.34. The van der Waals surface area contributed by atoms with Crippen LogP contribution in [0.5, 0.6) is 0 Å². The van der Waals surface area contributed by atoms with E-state index in [4.69, 9.17) is 0 Å². The highest BCUT2D eigenvalue weighted by atomic mass is 16.2. The van der Waals surface area contributed by atoms with E-state index < -0.39 is 0 Å². The highest BCUT2D eigenvalue weighted by Gasteiger charge is 2.34. The molecule has 0 aliphatic heterocycles. The van der Waals surface area contributed by atoms with Crippen LogP contribution in [-0.4, -0.2) is 31.4 Å². The molecule has 3 heteroatoms. The number of carbonyl (C=O) groups is 1. The number of likely N-dealkylation sites (N-methyl/N-ethyl adjacent to an activating group) is 2. The summed E-state index contributed by atoms with van der Waals surface area (Å²) in [6, 6.07) is 20.5. The lowest BCUT2D eigenvalue weighted by atomic mass is 9.84. The van der Waals surface area contributed by atoms with E-state index in [2.05, 4.69) is 36.5 Å². The first-order valence-electron chi connectivity index (χ1n) is 7.58. The minimum Gasteiger partial charge on any atom is -0.335 e. The molecule has 0 spiro atoms. The molecule has 0 bridgehead atoms. The average Bonchev–Trinajstić information content (AvgIpc) is 2.56. The van der Waals surface area contributed by atoms with E-state index in [1.165, 1.54) is 5.56 Å². The summed E-state index contributed by atoms with van der Waals surface area (Å²) in [5.74, 6) is 0.0878. The fraction of sp³-hybridized carbons (Fsp3) is 0.316. The van der Waals surface area contributed by atoms with Crippen molar-refractivity contribution in [2.75, 3.05) is 20.6 Å². The number of nitrogens with zero attached hydrogens (tertiary/aromatic N) is 1. The van der Waals surface area contributed by atoms with Crippen LogP contribution in [0.15, 0.2) is 60.7 Å². The van der Waals surface area contributed by atoms with Crippen LogP contribution in [0.1, 0.15) is 18.1 Å². The molecular formula is C19H24N2O. The normalized spacial score (nSPS) is 13.4. The van der Waals surface area contributed by atoms with Gasteiger partial charge in [-0.2, -0.15) is 0 Å². The van der Waals surface area contributed by atoms with Gasteiger partial charge in [-0.3, -0.25) is 4.79 Å². The number of carbonyl (C=O) groups excluding carboxylic acids is 1. The second kappa shape index (κ2) is 7.23. The minimum atomic E-state index is -0.378. The standard InChI is InChI=1S/C19H24N2O/c1-19(17-12-8-5-9-13-17,21(3)18(22)15-20-2)14-16-10-6-4-7-11-16/h4-13,20H,14-15H2,1-3H3. The van der Waals surface area contributed by atoms with Gasteiger partial charge in [-0.25, -0.2) is 0 Å². The summed E-state index contributed by atoms with van der Waals surface area (Å²) in [7, 11) is 3.68. The van der Waals surface area contributed by atoms with E-state index in [1.807, 2.05) is 48.3 Å². The van der Waals surface area contributed by atoms with Crippen molar-refractivity contribution in [2.24, 2.45) is 0 Å². The van der Waals surface area contributed by atoms with E-state index in [-0.39, 0.29) is 11.4 Å². The third-order valence-electron chi connectivity index (χ3n) is 4.23. The molecule has 0 aromatic heterocycles. The Labute approximate surface area is 133 Å². The fourth-order valence-corrected chi connectivity index (χ4v) is 2.75. The van der Waals surface area contributed by atoms with Crippen LogP contribution < -0.4 is 5.32 Å². The van der Waals surface area contributed by atoms with Gasteiger partial charge in [0.1, 0.15) is 0 Å². The molecule has 2 aromatic rings. The molecule has 3 nitrogen and oxygen atoms in total. The van der Waals surface area contributed by atoms with Crippen LogP contribution in [0.3, 0.4) is 0 Å². The predicted molar refractivity (Wildman–Crippen MR) is 90.6 cm³/mol. The molecule has 0 saturated carbocycles. The molecule has 1 amide bonds. The highest BCUT2D eigenvalue weighted by Crippen LogP contribution is 2.31. The van der Waals surface area contributed by atoms with E-state index in [9.17, 15) is 4.79 Å². The Balaban J connectivity index is 2.38. The second-order valence-electron chi connectivity index (χ2n) is 5.79. The minimum absolute atomic E-state index is 0.0878. The van der Waals surface area contributed by atoms with Crippen LogP contribution >= 0.6 is 0 Å². The van der Waals surface area contributed by atoms with Gasteiger partial charge in [0.05, 0.1) is 12.1 Å². The maximum Gasteiger partial charge on any atom is 0.236 e. The summed E-state index contributed by atoms with van der Waals surface area (Å²) in [6.07, 6.45) is 0.782. The first kappa shape index (κ1) is 16.2. The van der Waals surface area contributed by atoms with Gasteiger partial charge < -0.3 is 10.2 Å². The molecule has 1 unspecified atom stereocenters. The third-order valence-corrected chi connectivity index (χ3v) is 4.23. The molecule has 0 saturated heterocycles. The molecule has 1 N–H and O–H groups in total. The summed E-state index contributed by atoms with van der Waals surface area (Å²) >= 11 is 0. The predicted octanol–water partition coefficient (Wildman–Crippen LogP) is 2.82. The summed E-state index contributed by atoms with van der Waals surface area (Å²) in [5.41, 5.74) is 1.99. The molecule has 2 aromatic carbocycles. The number of benzene rings is 2. The molecule has 1 atom stereocenters. The zero-order valence-corrected chi connectivity index (χ0v) is 13.5. The lowest BCUT2D eigenvalue weighted by Gasteiger charge is -2.40. The Hall–Kier alpha value is -2.13. The quantitative estimate of drug-likeness (QED) is 0.889. The van der Waals surface area contributed by atoms with Gasteiger partial charge in [-0.05, 0) is 31.5 Å². The SMILES string of the molecule is CNCC(=O)N(C)C(C)(Cc1ccccc1)c1ccccc1. The molecule has 22 heavy (non-hydrogen) atoms. The van der Waals surface area contributed by atoms with Gasteiger partial charge >= 0.3 is 0 Å². The van der Waals surface area contributed by atoms with Crippen LogP contribution in [0, 0.1) is 0 Å². The van der Waals surface area contributed by atoms with Crippen molar-refractivity contribution >= 4 is 5.91 Å². The molecule has 2 rings (SSSR count). The molecule has 0 aliphatic rings. The lowest BCUT2D eigenvalue weighted by molar-refractivity contribution is -0.134. The summed E-state index contributed by atoms with van der Waals surface area (Å²) in [4.78, 5) is 14.3. The number of nitrogens with one attached hydrogen (secondary N) is 1. The molecule has 0 fully saturated rings. The van der Waals surface area contributed by atoms with E-state index >= 15 is 0 Å². The van der Waals surface area contributed by atoms with Gasteiger partial charge in [-0.15, -0.1) is 0 Å². The fourth-order valence-electron chi connectivity index (χ4n) is 2.75. The average molecular weight is 296 g/mol. The van der Waals surface area contributed by atoms with Gasteiger partial charge in [0.25, 0.3) is 0 Å². The van der Waals surface area contributed by atoms with Crippen molar-refractivity contribution in [3.8, 4) is 0 Å². The zero-order chi connectivity index (χ0) is 16.0. The molecule has 0 radical (unpaired) electrons. The van der Waals surface area contributed by atoms with Crippen LogP contribution in [0.2, 0.25) is 0 Å². The van der Waals surface area contributed by atoms with Crippen molar-refractivity contribution in [1.29, 1.82) is 0 Å².